The number of anilines is 1. The molecule has 2 rings (SSSR count). The first-order chi connectivity index (χ1) is 12.1. The number of hydrogen-bond donors (Lipinski definition) is 2. The lowest BCUT2D eigenvalue weighted by molar-refractivity contribution is 0.312. The van der Waals surface area contributed by atoms with Crippen LogP contribution in [0.4, 0.5) is 5.82 Å². The molecule has 0 atom stereocenters. The highest BCUT2D eigenvalue weighted by atomic mass is 127. The largest absolute Gasteiger partial charge is 0.356 e. The molecule has 0 aliphatic carbocycles. The Kier molecular flexibility index (Phi) is 10.9. The van der Waals surface area contributed by atoms with Gasteiger partial charge in [-0.05, 0) is 43.5 Å². The van der Waals surface area contributed by atoms with Crippen molar-refractivity contribution in [1.29, 1.82) is 0 Å². The molecule has 1 aliphatic heterocycles. The number of guanidine groups is 1. The molecule has 0 aromatic carbocycles. The van der Waals surface area contributed by atoms with Crippen molar-refractivity contribution < 1.29 is 0 Å². The zero-order chi connectivity index (χ0) is 18.1. The maximum Gasteiger partial charge on any atom is 0.191 e. The van der Waals surface area contributed by atoms with Gasteiger partial charge >= 0.3 is 0 Å². The highest BCUT2D eigenvalue weighted by molar-refractivity contribution is 14.0. The van der Waals surface area contributed by atoms with Gasteiger partial charge in [-0.1, -0.05) is 13.8 Å². The molecule has 2 heterocycles. The zero-order valence-corrected chi connectivity index (χ0v) is 19.0. The van der Waals surface area contributed by atoms with E-state index in [9.17, 15) is 0 Å². The summed E-state index contributed by atoms with van der Waals surface area (Å²) >= 11 is 0. The van der Waals surface area contributed by atoms with E-state index in [1.807, 2.05) is 13.2 Å². The van der Waals surface area contributed by atoms with Crippen LogP contribution in [0.15, 0.2) is 23.3 Å². The van der Waals surface area contributed by atoms with E-state index in [0.717, 1.165) is 57.0 Å². The summed E-state index contributed by atoms with van der Waals surface area (Å²) in [7, 11) is 3.99. The number of likely N-dealkylation sites (N-methyl/N-ethyl adjacent to an activating group) is 1. The molecule has 0 spiro atoms. The van der Waals surface area contributed by atoms with Crippen LogP contribution in [-0.2, 0) is 6.54 Å². The molecule has 1 aromatic rings. The third kappa shape index (κ3) is 8.07. The maximum atomic E-state index is 4.55. The third-order valence-corrected chi connectivity index (χ3v) is 4.57. The second-order valence-corrected chi connectivity index (χ2v) is 7.20. The molecule has 26 heavy (non-hydrogen) atoms. The zero-order valence-electron chi connectivity index (χ0n) is 16.7. The van der Waals surface area contributed by atoms with Crippen LogP contribution < -0.4 is 15.5 Å². The maximum absolute atomic E-state index is 4.55. The van der Waals surface area contributed by atoms with E-state index in [4.69, 9.17) is 0 Å². The summed E-state index contributed by atoms with van der Waals surface area (Å²) < 4.78 is 0. The standard InChI is InChI=1S/C19H34N6.HI/c1-16(2)6-5-8-22-19(20-3)23-15-17-7-9-21-18(14-17)25-12-10-24(4)11-13-25;/h7,9,14,16H,5-6,8,10-13,15H2,1-4H3,(H2,20,22,23);1H. The fourth-order valence-corrected chi connectivity index (χ4v) is 2.90. The van der Waals surface area contributed by atoms with Gasteiger partial charge in [-0.25, -0.2) is 4.98 Å². The van der Waals surface area contributed by atoms with Gasteiger partial charge in [0.05, 0.1) is 0 Å². The minimum atomic E-state index is 0. The molecule has 2 N–H and O–H groups in total. The normalized spacial score (nSPS) is 15.7. The van der Waals surface area contributed by atoms with Crippen molar-refractivity contribution in [3.8, 4) is 0 Å². The summed E-state index contributed by atoms with van der Waals surface area (Å²) in [6.45, 7) is 10.5. The topological polar surface area (TPSA) is 55.8 Å². The highest BCUT2D eigenvalue weighted by Crippen LogP contribution is 2.14. The van der Waals surface area contributed by atoms with Crippen LogP contribution >= 0.6 is 24.0 Å². The molecule has 1 aromatic heterocycles. The van der Waals surface area contributed by atoms with E-state index < -0.39 is 0 Å². The van der Waals surface area contributed by atoms with Gasteiger partial charge in [0, 0.05) is 52.5 Å². The minimum Gasteiger partial charge on any atom is -0.356 e. The van der Waals surface area contributed by atoms with Crippen LogP contribution in [0.3, 0.4) is 0 Å². The van der Waals surface area contributed by atoms with Crippen molar-refractivity contribution in [2.75, 3.05) is 51.7 Å². The van der Waals surface area contributed by atoms with Crippen molar-refractivity contribution in [2.45, 2.75) is 33.2 Å². The van der Waals surface area contributed by atoms with Crippen LogP contribution in [-0.4, -0.2) is 62.7 Å². The van der Waals surface area contributed by atoms with Gasteiger partial charge in [0.25, 0.3) is 0 Å². The highest BCUT2D eigenvalue weighted by Gasteiger charge is 2.15. The first-order valence-corrected chi connectivity index (χ1v) is 9.41. The average Bonchev–Trinajstić information content (AvgIpc) is 2.62. The third-order valence-electron chi connectivity index (χ3n) is 4.57. The summed E-state index contributed by atoms with van der Waals surface area (Å²) in [6, 6.07) is 4.25. The van der Waals surface area contributed by atoms with E-state index >= 15 is 0 Å². The van der Waals surface area contributed by atoms with E-state index in [1.54, 1.807) is 0 Å². The van der Waals surface area contributed by atoms with Crippen molar-refractivity contribution >= 4 is 35.8 Å². The van der Waals surface area contributed by atoms with E-state index in [1.165, 1.54) is 18.4 Å². The Bertz CT molecular complexity index is 541. The fraction of sp³-hybridized carbons (Fsp3) is 0.684. The number of pyridine rings is 1. The summed E-state index contributed by atoms with van der Waals surface area (Å²) in [5.74, 6) is 2.69. The molecular weight excluding hydrogens is 439 g/mol. The van der Waals surface area contributed by atoms with Crippen molar-refractivity contribution in [3.05, 3.63) is 23.9 Å². The Labute approximate surface area is 175 Å². The molecule has 0 bridgehead atoms. The smallest absolute Gasteiger partial charge is 0.191 e. The van der Waals surface area contributed by atoms with Crippen LogP contribution in [0.25, 0.3) is 0 Å². The number of aromatic nitrogens is 1. The summed E-state index contributed by atoms with van der Waals surface area (Å²) in [5, 5.41) is 6.78. The Morgan fingerprint density at radius 2 is 1.96 bits per heavy atom. The fourth-order valence-electron chi connectivity index (χ4n) is 2.90. The summed E-state index contributed by atoms with van der Waals surface area (Å²) in [5.41, 5.74) is 1.23. The molecule has 1 aliphatic rings. The number of hydrogen-bond acceptors (Lipinski definition) is 4. The lowest BCUT2D eigenvalue weighted by Gasteiger charge is -2.33. The summed E-state index contributed by atoms with van der Waals surface area (Å²) in [6.07, 6.45) is 4.31. The number of piperazine rings is 1. The van der Waals surface area contributed by atoms with Crippen LogP contribution in [0.2, 0.25) is 0 Å². The van der Waals surface area contributed by atoms with Crippen molar-refractivity contribution in [1.82, 2.24) is 20.5 Å². The minimum absolute atomic E-state index is 0. The molecule has 0 amide bonds. The van der Waals surface area contributed by atoms with E-state index in [2.05, 4.69) is 63.4 Å². The molecule has 1 saturated heterocycles. The molecule has 7 heteroatoms. The first-order valence-electron chi connectivity index (χ1n) is 9.41. The molecule has 0 radical (unpaired) electrons. The van der Waals surface area contributed by atoms with Crippen LogP contribution in [0.5, 0.6) is 0 Å². The Morgan fingerprint density at radius 1 is 1.23 bits per heavy atom. The number of halogens is 1. The van der Waals surface area contributed by atoms with Gasteiger partial charge in [-0.2, -0.15) is 0 Å². The van der Waals surface area contributed by atoms with Gasteiger partial charge in [0.2, 0.25) is 0 Å². The molecule has 0 unspecified atom stereocenters. The lowest BCUT2D eigenvalue weighted by Crippen LogP contribution is -2.44. The molecular formula is C19H35IN6. The van der Waals surface area contributed by atoms with Gasteiger partial charge < -0.3 is 20.4 Å². The van der Waals surface area contributed by atoms with Gasteiger partial charge in [0.1, 0.15) is 5.82 Å². The Balaban J connectivity index is 0.00000338. The predicted octanol–water partition coefficient (Wildman–Crippen LogP) is 2.55. The van der Waals surface area contributed by atoms with E-state index in [0.29, 0.717) is 0 Å². The van der Waals surface area contributed by atoms with Crippen LogP contribution in [0.1, 0.15) is 32.3 Å². The number of nitrogens with one attached hydrogen (secondary N) is 2. The van der Waals surface area contributed by atoms with Gasteiger partial charge in [0.15, 0.2) is 5.96 Å². The number of aliphatic imine (C=N–C) groups is 1. The second-order valence-electron chi connectivity index (χ2n) is 7.20. The quantitative estimate of drug-likeness (QED) is 0.276. The molecule has 6 nitrogen and oxygen atoms in total. The molecule has 148 valence electrons. The predicted molar refractivity (Wildman–Crippen MR) is 122 cm³/mol. The van der Waals surface area contributed by atoms with E-state index in [-0.39, 0.29) is 24.0 Å². The monoisotopic (exact) mass is 474 g/mol. The molecule has 0 saturated carbocycles. The van der Waals surface area contributed by atoms with Crippen molar-refractivity contribution in [3.63, 3.8) is 0 Å². The number of nitrogens with zero attached hydrogens (tertiary/aromatic N) is 4. The summed E-state index contributed by atoms with van der Waals surface area (Å²) in [4.78, 5) is 13.6. The number of rotatable bonds is 7. The Hall–Kier alpha value is -1.09. The lowest BCUT2D eigenvalue weighted by atomic mass is 10.1. The Morgan fingerprint density at radius 3 is 2.62 bits per heavy atom. The first kappa shape index (κ1) is 23.0. The average molecular weight is 474 g/mol. The SMILES string of the molecule is CN=C(NCCCC(C)C)NCc1ccnc(N2CCN(C)CC2)c1.I. The van der Waals surface area contributed by atoms with Gasteiger partial charge in [-0.15, -0.1) is 24.0 Å². The van der Waals surface area contributed by atoms with Crippen molar-refractivity contribution in [2.24, 2.45) is 10.9 Å². The molecule has 1 fully saturated rings. The second kappa shape index (κ2) is 12.3. The van der Waals surface area contributed by atoms with Crippen LogP contribution in [0, 0.1) is 5.92 Å². The van der Waals surface area contributed by atoms with Gasteiger partial charge in [-0.3, -0.25) is 4.99 Å².